The van der Waals surface area contributed by atoms with E-state index in [1.807, 2.05) is 39.0 Å². The number of para-hydroxylation sites is 1. The Morgan fingerprint density at radius 2 is 1.69 bits per heavy atom. The first-order valence-electron chi connectivity index (χ1n) is 12.9. The Labute approximate surface area is 235 Å². The van der Waals surface area contributed by atoms with Crippen LogP contribution in [0.5, 0.6) is 0 Å². The maximum atomic E-state index is 14.0. The predicted octanol–water partition coefficient (Wildman–Crippen LogP) is 5.03. The van der Waals surface area contributed by atoms with Crippen LogP contribution < -0.4 is 16.4 Å². The summed E-state index contributed by atoms with van der Waals surface area (Å²) in [7, 11) is 0. The fraction of sp³-hybridized carbons (Fsp3) is 0.448. The number of carbonyl (C=O) groups is 4. The lowest BCUT2D eigenvalue weighted by atomic mass is 10.00. The molecule has 2 unspecified atom stereocenters. The van der Waals surface area contributed by atoms with Crippen molar-refractivity contribution in [2.75, 3.05) is 11.9 Å². The number of hydrogen-bond donors (Lipinski definition) is 3. The van der Waals surface area contributed by atoms with E-state index in [0.717, 1.165) is 17.5 Å². The highest BCUT2D eigenvalue weighted by molar-refractivity contribution is 6.34. The fourth-order valence-electron chi connectivity index (χ4n) is 3.95. The van der Waals surface area contributed by atoms with Crippen LogP contribution >= 0.6 is 11.6 Å². The molecule has 10 heteroatoms. The largest absolute Gasteiger partial charge is 0.444 e. The molecule has 2 rings (SSSR count). The molecule has 0 aromatic heterocycles. The quantitative estimate of drug-likeness (QED) is 0.356. The van der Waals surface area contributed by atoms with Crippen LogP contribution in [0, 0.1) is 13.8 Å². The number of anilines is 1. The molecule has 2 aromatic carbocycles. The third-order valence-corrected chi connectivity index (χ3v) is 6.17. The topological polar surface area (TPSA) is 131 Å². The van der Waals surface area contributed by atoms with Gasteiger partial charge in [0.25, 0.3) is 5.91 Å². The van der Waals surface area contributed by atoms with E-state index in [0.29, 0.717) is 22.7 Å². The average molecular weight is 559 g/mol. The van der Waals surface area contributed by atoms with Crippen molar-refractivity contribution in [3.05, 3.63) is 64.2 Å². The second-order valence-corrected chi connectivity index (χ2v) is 10.9. The number of alkyl carbamates (subject to hydrolysis) is 1. The Morgan fingerprint density at radius 1 is 1.05 bits per heavy atom. The molecule has 212 valence electrons. The van der Waals surface area contributed by atoms with E-state index in [9.17, 15) is 19.2 Å². The van der Waals surface area contributed by atoms with Crippen LogP contribution in [0.15, 0.2) is 42.5 Å². The number of halogens is 1. The third-order valence-electron chi connectivity index (χ3n) is 5.85. The molecule has 0 bridgehead atoms. The standard InChI is InChI=1S/C29H39ClN4O5/c1-7-8-16-34(27(37)22(17-23(31)35)32-28(38)39-29(4,5)6)25(20-14-12-18(2)13-15-20)26(36)33-24-19(3)10-9-11-21(24)30/h9-15,22,25H,7-8,16-17H2,1-6H3,(H2,31,35)(H,32,38)(H,33,36). The first kappa shape index (κ1) is 31.6. The number of amides is 4. The molecule has 0 aliphatic carbocycles. The number of primary amides is 1. The normalized spacial score (nSPS) is 12.7. The molecule has 0 radical (unpaired) electrons. The Kier molecular flexibility index (Phi) is 11.3. The molecule has 0 saturated carbocycles. The first-order valence-corrected chi connectivity index (χ1v) is 13.3. The van der Waals surface area contributed by atoms with Gasteiger partial charge in [-0.05, 0) is 58.2 Å². The van der Waals surface area contributed by atoms with Crippen LogP contribution in [0.4, 0.5) is 10.5 Å². The van der Waals surface area contributed by atoms with Crippen molar-refractivity contribution >= 4 is 41.1 Å². The zero-order valence-corrected chi connectivity index (χ0v) is 24.2. The van der Waals surface area contributed by atoms with Crippen LogP contribution in [0.2, 0.25) is 5.02 Å². The minimum absolute atomic E-state index is 0.189. The van der Waals surface area contributed by atoms with Crippen molar-refractivity contribution in [1.82, 2.24) is 10.2 Å². The van der Waals surface area contributed by atoms with Gasteiger partial charge in [0.2, 0.25) is 11.8 Å². The second-order valence-electron chi connectivity index (χ2n) is 10.5. The van der Waals surface area contributed by atoms with Crippen LogP contribution in [-0.2, 0) is 19.1 Å². The van der Waals surface area contributed by atoms with Crippen LogP contribution in [0.25, 0.3) is 0 Å². The van der Waals surface area contributed by atoms with E-state index in [-0.39, 0.29) is 6.54 Å². The van der Waals surface area contributed by atoms with Gasteiger partial charge in [-0.2, -0.15) is 0 Å². The van der Waals surface area contributed by atoms with Crippen LogP contribution in [0.3, 0.4) is 0 Å². The molecule has 0 aliphatic heterocycles. The third kappa shape index (κ3) is 9.58. The summed E-state index contributed by atoms with van der Waals surface area (Å²) in [5.41, 5.74) is 7.33. The van der Waals surface area contributed by atoms with Crippen molar-refractivity contribution in [2.24, 2.45) is 5.73 Å². The summed E-state index contributed by atoms with van der Waals surface area (Å²) in [6.45, 7) is 10.9. The first-order chi connectivity index (χ1) is 18.2. The highest BCUT2D eigenvalue weighted by Gasteiger charge is 2.37. The Hall–Kier alpha value is -3.59. The molecule has 4 amide bonds. The zero-order chi connectivity index (χ0) is 29.3. The summed E-state index contributed by atoms with van der Waals surface area (Å²) in [5, 5.41) is 5.72. The lowest BCUT2D eigenvalue weighted by Gasteiger charge is -2.34. The molecule has 2 aromatic rings. The number of carbonyl (C=O) groups excluding carboxylic acids is 4. The van der Waals surface area contributed by atoms with Gasteiger partial charge in [0.1, 0.15) is 17.7 Å². The lowest BCUT2D eigenvalue weighted by Crippen LogP contribution is -2.53. The van der Waals surface area contributed by atoms with Crippen molar-refractivity contribution in [3.8, 4) is 0 Å². The number of ether oxygens (including phenoxy) is 1. The van der Waals surface area contributed by atoms with Crippen LogP contribution in [-0.4, -0.2) is 46.9 Å². The summed E-state index contributed by atoms with van der Waals surface area (Å²) >= 11 is 6.38. The number of benzene rings is 2. The molecule has 0 aliphatic rings. The van der Waals surface area contributed by atoms with Gasteiger partial charge in [-0.25, -0.2) is 4.79 Å². The van der Waals surface area contributed by atoms with E-state index in [4.69, 9.17) is 22.1 Å². The van der Waals surface area contributed by atoms with E-state index < -0.39 is 47.9 Å². The van der Waals surface area contributed by atoms with Crippen molar-refractivity contribution in [1.29, 1.82) is 0 Å². The van der Waals surface area contributed by atoms with Crippen LogP contribution in [0.1, 0.15) is 69.7 Å². The zero-order valence-electron chi connectivity index (χ0n) is 23.5. The molecule has 39 heavy (non-hydrogen) atoms. The van der Waals surface area contributed by atoms with E-state index in [1.165, 1.54) is 4.90 Å². The Bertz CT molecular complexity index is 1160. The number of nitrogens with two attached hydrogens (primary N) is 1. The van der Waals surface area contributed by atoms with Gasteiger partial charge in [0.15, 0.2) is 0 Å². The molecule has 0 heterocycles. The number of aryl methyl sites for hydroxylation is 2. The van der Waals surface area contributed by atoms with Gasteiger partial charge >= 0.3 is 6.09 Å². The summed E-state index contributed by atoms with van der Waals surface area (Å²) in [5.74, 6) is -1.91. The minimum atomic E-state index is -1.34. The summed E-state index contributed by atoms with van der Waals surface area (Å²) in [4.78, 5) is 53.8. The molecule has 4 N–H and O–H groups in total. The van der Waals surface area contributed by atoms with Crippen molar-refractivity contribution in [3.63, 3.8) is 0 Å². The number of rotatable bonds is 11. The predicted molar refractivity (Wildman–Crippen MR) is 152 cm³/mol. The number of unbranched alkanes of at least 4 members (excludes halogenated alkanes) is 1. The second kappa shape index (κ2) is 14.0. The Balaban J connectivity index is 2.56. The highest BCUT2D eigenvalue weighted by Crippen LogP contribution is 2.30. The molecule has 0 spiro atoms. The number of nitrogens with zero attached hydrogens (tertiary/aromatic N) is 1. The van der Waals surface area contributed by atoms with E-state index in [1.54, 1.807) is 45.0 Å². The van der Waals surface area contributed by atoms with Crippen molar-refractivity contribution < 1.29 is 23.9 Å². The maximum absolute atomic E-state index is 14.0. The molecular formula is C29H39ClN4O5. The summed E-state index contributed by atoms with van der Waals surface area (Å²) in [6, 6.07) is 10.1. The lowest BCUT2D eigenvalue weighted by molar-refractivity contribution is -0.142. The molecular weight excluding hydrogens is 520 g/mol. The molecule has 0 saturated heterocycles. The minimum Gasteiger partial charge on any atom is -0.444 e. The SMILES string of the molecule is CCCCN(C(=O)C(CC(N)=O)NC(=O)OC(C)(C)C)C(C(=O)Nc1c(C)cccc1Cl)c1ccc(C)cc1. The fourth-order valence-corrected chi connectivity index (χ4v) is 4.22. The molecule has 0 fully saturated rings. The Morgan fingerprint density at radius 3 is 2.23 bits per heavy atom. The monoisotopic (exact) mass is 558 g/mol. The van der Waals surface area contributed by atoms with Gasteiger partial charge in [-0.1, -0.05) is 66.9 Å². The van der Waals surface area contributed by atoms with E-state index >= 15 is 0 Å². The number of hydrogen-bond acceptors (Lipinski definition) is 5. The molecule has 9 nitrogen and oxygen atoms in total. The van der Waals surface area contributed by atoms with Gasteiger partial charge in [-0.3, -0.25) is 14.4 Å². The maximum Gasteiger partial charge on any atom is 0.408 e. The summed E-state index contributed by atoms with van der Waals surface area (Å²) in [6.07, 6.45) is -0.0368. The molecule has 2 atom stereocenters. The van der Waals surface area contributed by atoms with Gasteiger partial charge in [-0.15, -0.1) is 0 Å². The summed E-state index contributed by atoms with van der Waals surface area (Å²) < 4.78 is 5.31. The van der Waals surface area contributed by atoms with Crippen molar-refractivity contribution in [2.45, 2.75) is 78.5 Å². The highest BCUT2D eigenvalue weighted by atomic mass is 35.5. The van der Waals surface area contributed by atoms with E-state index in [2.05, 4.69) is 10.6 Å². The number of nitrogens with one attached hydrogen (secondary N) is 2. The average Bonchev–Trinajstić information content (AvgIpc) is 2.82. The van der Waals surface area contributed by atoms with Gasteiger partial charge in [0.05, 0.1) is 17.1 Å². The smallest absolute Gasteiger partial charge is 0.408 e. The van der Waals surface area contributed by atoms with Gasteiger partial charge < -0.3 is 26.0 Å². The van der Waals surface area contributed by atoms with Gasteiger partial charge in [0, 0.05) is 6.54 Å².